The van der Waals surface area contributed by atoms with E-state index in [0.29, 0.717) is 0 Å². The van der Waals surface area contributed by atoms with Crippen molar-refractivity contribution in [1.82, 2.24) is 0 Å². The van der Waals surface area contributed by atoms with Gasteiger partial charge >= 0.3 is 26.4 Å². The molecule has 0 bridgehead atoms. The summed E-state index contributed by atoms with van der Waals surface area (Å²) in [5, 5.41) is 0. The first kappa shape index (κ1) is 40.6. The van der Waals surface area contributed by atoms with Gasteiger partial charge in [0.15, 0.2) is 0 Å². The van der Waals surface area contributed by atoms with Crippen LogP contribution in [0, 0.1) is 0 Å². The van der Waals surface area contributed by atoms with Crippen molar-refractivity contribution >= 4 is 61.7 Å². The van der Waals surface area contributed by atoms with Gasteiger partial charge < -0.3 is 39.8 Å². The van der Waals surface area contributed by atoms with Crippen molar-refractivity contribution in [2.75, 3.05) is 81.2 Å². The smallest absolute Gasteiger partial charge is 0.377 e. The minimum atomic E-state index is -2.53. The summed E-state index contributed by atoms with van der Waals surface area (Å²) in [5.74, 6) is 3.09. The van der Waals surface area contributed by atoms with Gasteiger partial charge in [-0.15, -0.1) is 35.3 Å². The molecule has 0 amide bonds. The van der Waals surface area contributed by atoms with Crippen LogP contribution in [0.1, 0.15) is 38.5 Å². The Labute approximate surface area is 271 Å². The maximum Gasteiger partial charge on any atom is 0.500 e. The van der Waals surface area contributed by atoms with E-state index >= 15 is 0 Å². The number of thioether (sulfide) groups is 3. The fourth-order valence-corrected chi connectivity index (χ4v) is 13.5. The summed E-state index contributed by atoms with van der Waals surface area (Å²) in [4.78, 5) is 4.07. The molecule has 0 aliphatic carbocycles. The van der Waals surface area contributed by atoms with E-state index in [1.807, 2.05) is 35.3 Å². The summed E-state index contributed by atoms with van der Waals surface area (Å²) in [6.07, 6.45) is 6.21. The minimum absolute atomic E-state index is 0.819. The van der Waals surface area contributed by atoms with E-state index < -0.39 is 26.4 Å². The van der Waals surface area contributed by atoms with E-state index in [0.717, 1.165) is 73.9 Å². The molecule has 0 spiro atoms. The van der Waals surface area contributed by atoms with E-state index in [-0.39, 0.29) is 0 Å². The Bertz CT molecular complexity index is 760. The summed E-state index contributed by atoms with van der Waals surface area (Å²) in [7, 11) is 7.51. The standard InChI is InChI=1S/C27H54O9S3Si3/c1-28-40(29-2,30-3)22-13-10-19-37-25-17-16-18-26(38-20-11-14-23-41(31-4,32-5)33-6)27(25)39-21-12-15-24-42(34-7,35-8)36-9/h16-18H,10-15,19-24H2,1-9H3. The maximum atomic E-state index is 5.59. The molecule has 1 aromatic carbocycles. The van der Waals surface area contributed by atoms with Gasteiger partial charge in [-0.25, -0.2) is 0 Å². The molecule has 1 rings (SSSR count). The maximum absolute atomic E-state index is 5.59. The molecule has 0 aliphatic rings. The molecule has 0 heterocycles. The van der Waals surface area contributed by atoms with E-state index in [1.54, 1.807) is 64.0 Å². The van der Waals surface area contributed by atoms with Crippen molar-refractivity contribution in [1.29, 1.82) is 0 Å². The minimum Gasteiger partial charge on any atom is -0.377 e. The Morgan fingerprint density at radius 3 is 1.00 bits per heavy atom. The Kier molecular flexibility index (Phi) is 22.2. The van der Waals surface area contributed by atoms with Gasteiger partial charge in [-0.1, -0.05) is 6.07 Å². The fourth-order valence-electron chi connectivity index (χ4n) is 4.40. The predicted molar refractivity (Wildman–Crippen MR) is 181 cm³/mol. The van der Waals surface area contributed by atoms with Gasteiger partial charge in [-0.05, 0) is 67.9 Å². The van der Waals surface area contributed by atoms with Crippen LogP contribution in [0.3, 0.4) is 0 Å². The van der Waals surface area contributed by atoms with E-state index in [1.165, 1.54) is 14.7 Å². The van der Waals surface area contributed by atoms with Gasteiger partial charge in [0, 0.05) is 96.8 Å². The quantitative estimate of drug-likeness (QED) is 0.0541. The average Bonchev–Trinajstić information content (AvgIpc) is 3.04. The zero-order chi connectivity index (χ0) is 31.3. The zero-order valence-corrected chi connectivity index (χ0v) is 32.6. The normalized spacial score (nSPS) is 12.8. The monoisotopic (exact) mass is 702 g/mol. The second kappa shape index (κ2) is 23.0. The van der Waals surface area contributed by atoms with Crippen LogP contribution < -0.4 is 0 Å². The van der Waals surface area contributed by atoms with Crippen LogP contribution in [0.5, 0.6) is 0 Å². The predicted octanol–water partition coefficient (Wildman–Crippen LogP) is 6.94. The molecule has 0 atom stereocenters. The lowest BCUT2D eigenvalue weighted by molar-refractivity contribution is 0.122. The molecule has 9 nitrogen and oxygen atoms in total. The summed E-state index contributed by atoms with van der Waals surface area (Å²) in [5.41, 5.74) is 0. The van der Waals surface area contributed by atoms with Crippen LogP contribution in [0.4, 0.5) is 0 Å². The highest BCUT2D eigenvalue weighted by Crippen LogP contribution is 2.40. The lowest BCUT2D eigenvalue weighted by Gasteiger charge is -2.24. The SMILES string of the molecule is CO[Si](CCCCSc1cccc(SCCCC[Si](OC)(OC)OC)c1SCCCC[Si](OC)(OC)OC)(OC)OC. The molecule has 0 saturated heterocycles. The average molecular weight is 703 g/mol. The van der Waals surface area contributed by atoms with Crippen molar-refractivity contribution in [3.63, 3.8) is 0 Å². The molecule has 0 fully saturated rings. The molecule has 0 aromatic heterocycles. The second-order valence-electron chi connectivity index (χ2n) is 9.39. The van der Waals surface area contributed by atoms with E-state index in [2.05, 4.69) is 18.2 Å². The topological polar surface area (TPSA) is 83.1 Å². The third kappa shape index (κ3) is 13.5. The Hall–Kier alpha value is 0.561. The van der Waals surface area contributed by atoms with Gasteiger partial charge in [0.25, 0.3) is 0 Å². The first-order valence-electron chi connectivity index (χ1n) is 14.3. The molecule has 42 heavy (non-hydrogen) atoms. The largest absolute Gasteiger partial charge is 0.500 e. The Morgan fingerprint density at radius 2 is 0.714 bits per heavy atom. The van der Waals surface area contributed by atoms with Gasteiger partial charge in [0.1, 0.15) is 0 Å². The van der Waals surface area contributed by atoms with Crippen LogP contribution in [-0.2, 0) is 39.8 Å². The second-order valence-corrected chi connectivity index (χ2v) is 22.0. The van der Waals surface area contributed by atoms with Crippen molar-refractivity contribution < 1.29 is 39.8 Å². The first-order chi connectivity index (χ1) is 20.3. The molecule has 246 valence electrons. The lowest BCUT2D eigenvalue weighted by Crippen LogP contribution is -2.42. The molecular weight excluding hydrogens is 649 g/mol. The molecule has 0 saturated carbocycles. The van der Waals surface area contributed by atoms with Crippen LogP contribution >= 0.6 is 35.3 Å². The van der Waals surface area contributed by atoms with Crippen molar-refractivity contribution in [3.05, 3.63) is 18.2 Å². The van der Waals surface area contributed by atoms with Gasteiger partial charge in [0.05, 0.1) is 0 Å². The first-order valence-corrected chi connectivity index (χ1v) is 23.0. The summed E-state index contributed by atoms with van der Waals surface area (Å²) in [6.45, 7) is 0. The highest BCUT2D eigenvalue weighted by atomic mass is 32.2. The van der Waals surface area contributed by atoms with Crippen LogP contribution in [0.25, 0.3) is 0 Å². The van der Waals surface area contributed by atoms with E-state index in [4.69, 9.17) is 39.8 Å². The molecule has 0 N–H and O–H groups in total. The number of rotatable bonds is 27. The molecule has 0 aliphatic heterocycles. The third-order valence-corrected chi connectivity index (χ3v) is 19.4. The Balaban J connectivity index is 2.81. The van der Waals surface area contributed by atoms with Crippen molar-refractivity contribution in [2.45, 2.75) is 71.3 Å². The summed E-state index contributed by atoms with van der Waals surface area (Å²) < 4.78 is 50.2. The molecule has 15 heteroatoms. The summed E-state index contributed by atoms with van der Waals surface area (Å²) >= 11 is 5.81. The Morgan fingerprint density at radius 1 is 0.429 bits per heavy atom. The lowest BCUT2D eigenvalue weighted by atomic mass is 10.3. The van der Waals surface area contributed by atoms with Gasteiger partial charge in [-0.3, -0.25) is 0 Å². The molecule has 0 radical (unpaired) electrons. The number of unbranched alkanes of at least 4 members (excludes halogenated alkanes) is 3. The van der Waals surface area contributed by atoms with Gasteiger partial charge in [-0.2, -0.15) is 0 Å². The zero-order valence-electron chi connectivity index (χ0n) is 27.1. The number of benzene rings is 1. The molecule has 1 aromatic rings. The fraction of sp³-hybridized carbons (Fsp3) is 0.778. The number of hydrogen-bond donors (Lipinski definition) is 0. The highest BCUT2D eigenvalue weighted by molar-refractivity contribution is 8.03. The molecular formula is C27H54O9S3Si3. The van der Waals surface area contributed by atoms with Crippen LogP contribution in [0.15, 0.2) is 32.9 Å². The van der Waals surface area contributed by atoms with E-state index in [9.17, 15) is 0 Å². The number of hydrogen-bond acceptors (Lipinski definition) is 12. The molecule has 0 unspecified atom stereocenters. The van der Waals surface area contributed by atoms with Crippen molar-refractivity contribution in [2.24, 2.45) is 0 Å². The van der Waals surface area contributed by atoms with Crippen molar-refractivity contribution in [3.8, 4) is 0 Å². The highest BCUT2D eigenvalue weighted by Gasteiger charge is 2.38. The summed E-state index contributed by atoms with van der Waals surface area (Å²) in [6, 6.07) is 9.15. The third-order valence-electron chi connectivity index (χ3n) is 7.14. The van der Waals surface area contributed by atoms with Gasteiger partial charge in [0.2, 0.25) is 0 Å². The van der Waals surface area contributed by atoms with Crippen LogP contribution in [0.2, 0.25) is 18.1 Å². The van der Waals surface area contributed by atoms with Crippen LogP contribution in [-0.4, -0.2) is 108 Å².